The number of hydrogen-bond acceptors (Lipinski definition) is 3. The molecule has 3 heteroatoms. The first-order valence-electron chi connectivity index (χ1n) is 6.66. The van der Waals surface area contributed by atoms with Crippen LogP contribution in [0, 0.1) is 0 Å². The van der Waals surface area contributed by atoms with Gasteiger partial charge in [0.2, 0.25) is 0 Å². The summed E-state index contributed by atoms with van der Waals surface area (Å²) in [4.78, 5) is 1.48. The van der Waals surface area contributed by atoms with Gasteiger partial charge in [-0.05, 0) is 43.8 Å². The second kappa shape index (κ2) is 5.98. The maximum absolute atomic E-state index is 3.61. The SMILES string of the molecule is CC(C)(CNCCC1CCCN1)c1cccs1. The lowest BCUT2D eigenvalue weighted by Crippen LogP contribution is -2.35. The maximum atomic E-state index is 3.61. The highest BCUT2D eigenvalue weighted by Gasteiger charge is 2.21. The van der Waals surface area contributed by atoms with Crippen LogP contribution in [0.3, 0.4) is 0 Å². The molecule has 2 heterocycles. The monoisotopic (exact) mass is 252 g/mol. The van der Waals surface area contributed by atoms with Crippen molar-refractivity contribution >= 4 is 11.3 Å². The van der Waals surface area contributed by atoms with Crippen molar-refractivity contribution in [3.8, 4) is 0 Å². The molecule has 0 aromatic carbocycles. The van der Waals surface area contributed by atoms with Gasteiger partial charge in [-0.2, -0.15) is 0 Å². The topological polar surface area (TPSA) is 24.1 Å². The van der Waals surface area contributed by atoms with Crippen LogP contribution in [0.1, 0.15) is 38.0 Å². The summed E-state index contributed by atoms with van der Waals surface area (Å²) in [5, 5.41) is 9.32. The van der Waals surface area contributed by atoms with Crippen molar-refractivity contribution in [2.45, 2.75) is 44.6 Å². The average Bonchev–Trinajstić information content (AvgIpc) is 2.97. The predicted molar refractivity (Wildman–Crippen MR) is 75.9 cm³/mol. The van der Waals surface area contributed by atoms with Gasteiger partial charge >= 0.3 is 0 Å². The van der Waals surface area contributed by atoms with E-state index in [1.165, 1.54) is 30.7 Å². The van der Waals surface area contributed by atoms with Gasteiger partial charge in [-0.25, -0.2) is 0 Å². The van der Waals surface area contributed by atoms with Gasteiger partial charge in [-0.1, -0.05) is 19.9 Å². The molecule has 0 amide bonds. The first-order chi connectivity index (χ1) is 8.18. The van der Waals surface area contributed by atoms with Gasteiger partial charge in [0.25, 0.3) is 0 Å². The number of thiophene rings is 1. The van der Waals surface area contributed by atoms with Crippen molar-refractivity contribution in [1.82, 2.24) is 10.6 Å². The van der Waals surface area contributed by atoms with Crippen molar-refractivity contribution in [3.05, 3.63) is 22.4 Å². The Balaban J connectivity index is 1.67. The van der Waals surface area contributed by atoms with Crippen LogP contribution in [-0.2, 0) is 5.41 Å². The molecular weight excluding hydrogens is 228 g/mol. The average molecular weight is 252 g/mol. The molecule has 1 atom stereocenters. The van der Waals surface area contributed by atoms with Crippen LogP contribution in [-0.4, -0.2) is 25.7 Å². The quantitative estimate of drug-likeness (QED) is 0.761. The highest BCUT2D eigenvalue weighted by molar-refractivity contribution is 7.10. The largest absolute Gasteiger partial charge is 0.316 e. The molecule has 0 radical (unpaired) electrons. The summed E-state index contributed by atoms with van der Waals surface area (Å²) in [5.41, 5.74) is 0.261. The van der Waals surface area contributed by atoms with Crippen molar-refractivity contribution in [2.24, 2.45) is 0 Å². The van der Waals surface area contributed by atoms with Crippen molar-refractivity contribution in [3.63, 3.8) is 0 Å². The normalized spacial score (nSPS) is 20.9. The van der Waals surface area contributed by atoms with Gasteiger partial charge in [0, 0.05) is 22.9 Å². The molecule has 1 aromatic heterocycles. The third kappa shape index (κ3) is 3.80. The zero-order chi connectivity index (χ0) is 12.1. The van der Waals surface area contributed by atoms with Gasteiger partial charge in [0.15, 0.2) is 0 Å². The molecule has 1 aromatic rings. The molecule has 1 saturated heterocycles. The molecule has 0 saturated carbocycles. The van der Waals surface area contributed by atoms with E-state index in [4.69, 9.17) is 0 Å². The van der Waals surface area contributed by atoms with Crippen LogP contribution in [0.4, 0.5) is 0 Å². The zero-order valence-electron chi connectivity index (χ0n) is 11.0. The van der Waals surface area contributed by atoms with Crippen LogP contribution < -0.4 is 10.6 Å². The molecular formula is C14H24N2S. The lowest BCUT2D eigenvalue weighted by Gasteiger charge is -2.24. The molecule has 17 heavy (non-hydrogen) atoms. The third-order valence-corrected chi connectivity index (χ3v) is 4.82. The van der Waals surface area contributed by atoms with Crippen molar-refractivity contribution in [1.29, 1.82) is 0 Å². The molecule has 2 nitrogen and oxygen atoms in total. The minimum atomic E-state index is 0.261. The van der Waals surface area contributed by atoms with E-state index in [1.807, 2.05) is 11.3 Å². The van der Waals surface area contributed by atoms with Crippen LogP contribution in [0.2, 0.25) is 0 Å². The summed E-state index contributed by atoms with van der Waals surface area (Å²) in [6.07, 6.45) is 3.97. The minimum absolute atomic E-state index is 0.261. The Morgan fingerprint density at radius 1 is 1.53 bits per heavy atom. The second-order valence-electron chi connectivity index (χ2n) is 5.62. The van der Waals surface area contributed by atoms with E-state index in [1.54, 1.807) is 0 Å². The lowest BCUT2D eigenvalue weighted by molar-refractivity contribution is 0.452. The number of hydrogen-bond donors (Lipinski definition) is 2. The van der Waals surface area contributed by atoms with Crippen LogP contribution in [0.5, 0.6) is 0 Å². The number of rotatable bonds is 6. The Kier molecular flexibility index (Phi) is 4.60. The summed E-state index contributed by atoms with van der Waals surface area (Å²) in [6.45, 7) is 8.05. The van der Waals surface area contributed by atoms with Crippen molar-refractivity contribution < 1.29 is 0 Å². The fourth-order valence-corrected chi connectivity index (χ4v) is 3.28. The first-order valence-corrected chi connectivity index (χ1v) is 7.54. The summed E-state index contributed by atoms with van der Waals surface area (Å²) in [7, 11) is 0. The molecule has 1 aliphatic rings. The Morgan fingerprint density at radius 3 is 3.06 bits per heavy atom. The van der Waals surface area contributed by atoms with E-state index in [2.05, 4.69) is 42.0 Å². The van der Waals surface area contributed by atoms with Gasteiger partial charge in [-0.3, -0.25) is 0 Å². The summed E-state index contributed by atoms with van der Waals surface area (Å²) >= 11 is 1.86. The maximum Gasteiger partial charge on any atom is 0.0115 e. The molecule has 2 N–H and O–H groups in total. The molecule has 0 aliphatic carbocycles. The van der Waals surface area contributed by atoms with Crippen LogP contribution >= 0.6 is 11.3 Å². The Hall–Kier alpha value is -0.380. The molecule has 1 unspecified atom stereocenters. The van der Waals surface area contributed by atoms with E-state index in [9.17, 15) is 0 Å². The van der Waals surface area contributed by atoms with E-state index in [-0.39, 0.29) is 5.41 Å². The fourth-order valence-electron chi connectivity index (χ4n) is 2.43. The van der Waals surface area contributed by atoms with Crippen LogP contribution in [0.25, 0.3) is 0 Å². The van der Waals surface area contributed by atoms with Gasteiger partial charge in [0.05, 0.1) is 0 Å². The van der Waals surface area contributed by atoms with Gasteiger partial charge in [-0.15, -0.1) is 11.3 Å². The predicted octanol–water partition coefficient (Wildman–Crippen LogP) is 2.76. The fraction of sp³-hybridized carbons (Fsp3) is 0.714. The van der Waals surface area contributed by atoms with E-state index < -0.39 is 0 Å². The molecule has 2 rings (SSSR count). The zero-order valence-corrected chi connectivity index (χ0v) is 11.8. The minimum Gasteiger partial charge on any atom is -0.316 e. The summed E-state index contributed by atoms with van der Waals surface area (Å²) < 4.78 is 0. The van der Waals surface area contributed by atoms with Gasteiger partial charge < -0.3 is 10.6 Å². The highest BCUT2D eigenvalue weighted by atomic mass is 32.1. The summed E-state index contributed by atoms with van der Waals surface area (Å²) in [6, 6.07) is 5.14. The Morgan fingerprint density at radius 2 is 2.41 bits per heavy atom. The Labute approximate surface area is 109 Å². The molecule has 1 aliphatic heterocycles. The summed E-state index contributed by atoms with van der Waals surface area (Å²) in [5.74, 6) is 0. The third-order valence-electron chi connectivity index (χ3n) is 3.59. The Bertz CT molecular complexity index is 313. The highest BCUT2D eigenvalue weighted by Crippen LogP contribution is 2.26. The lowest BCUT2D eigenvalue weighted by atomic mass is 9.91. The van der Waals surface area contributed by atoms with Gasteiger partial charge in [0.1, 0.15) is 0 Å². The van der Waals surface area contributed by atoms with Crippen molar-refractivity contribution in [2.75, 3.05) is 19.6 Å². The standard InChI is InChI=1S/C14H24N2S/c1-14(2,13-6-4-10-17-13)11-15-9-7-12-5-3-8-16-12/h4,6,10,12,15-16H,3,5,7-9,11H2,1-2H3. The van der Waals surface area contributed by atoms with E-state index in [0.29, 0.717) is 0 Å². The first kappa shape index (κ1) is 13.1. The van der Waals surface area contributed by atoms with Crippen LogP contribution in [0.15, 0.2) is 17.5 Å². The second-order valence-corrected chi connectivity index (χ2v) is 6.57. The number of nitrogens with one attached hydrogen (secondary N) is 2. The molecule has 1 fully saturated rings. The smallest absolute Gasteiger partial charge is 0.0115 e. The van der Waals surface area contributed by atoms with E-state index in [0.717, 1.165) is 19.1 Å². The molecule has 0 spiro atoms. The van der Waals surface area contributed by atoms with E-state index >= 15 is 0 Å². The molecule has 96 valence electrons. The molecule has 0 bridgehead atoms.